The van der Waals surface area contributed by atoms with E-state index in [2.05, 4.69) is 20.6 Å². The zero-order chi connectivity index (χ0) is 17.1. The maximum atomic E-state index is 13.2. The summed E-state index contributed by atoms with van der Waals surface area (Å²) in [6, 6.07) is 6.10. The molecule has 3 rings (SSSR count). The molecule has 126 valence electrons. The Balaban J connectivity index is 1.77. The molecule has 7 heteroatoms. The van der Waals surface area contributed by atoms with E-state index in [0.717, 1.165) is 25.7 Å². The Kier molecular flexibility index (Phi) is 4.94. The minimum Gasteiger partial charge on any atom is -0.348 e. The molecule has 1 fully saturated rings. The van der Waals surface area contributed by atoms with Crippen molar-refractivity contribution in [1.29, 1.82) is 0 Å². The van der Waals surface area contributed by atoms with Crippen LogP contribution in [0.15, 0.2) is 24.3 Å². The lowest BCUT2D eigenvalue weighted by Crippen LogP contribution is -2.33. The Morgan fingerprint density at radius 1 is 1.25 bits per heavy atom. The number of hydrogen-bond acceptors (Lipinski definition) is 4. The first-order valence-electron chi connectivity index (χ1n) is 7.90. The summed E-state index contributed by atoms with van der Waals surface area (Å²) < 4.78 is 13.2. The van der Waals surface area contributed by atoms with Gasteiger partial charge >= 0.3 is 0 Å². The Morgan fingerprint density at radius 3 is 2.71 bits per heavy atom. The van der Waals surface area contributed by atoms with Crippen LogP contribution in [0.5, 0.6) is 0 Å². The van der Waals surface area contributed by atoms with Crippen LogP contribution in [0.25, 0.3) is 0 Å². The van der Waals surface area contributed by atoms with Crippen LogP contribution in [0.4, 0.5) is 16.0 Å². The first-order chi connectivity index (χ1) is 11.5. The highest BCUT2D eigenvalue weighted by Gasteiger charge is 2.19. The molecule has 2 aromatic rings. The summed E-state index contributed by atoms with van der Waals surface area (Å²) >= 11 is 5.77. The van der Waals surface area contributed by atoms with Crippen LogP contribution in [-0.4, -0.2) is 21.9 Å². The van der Waals surface area contributed by atoms with Gasteiger partial charge in [0.25, 0.3) is 5.91 Å². The molecule has 0 atom stereocenters. The number of carbonyl (C=O) groups excluding carboxylic acids is 1. The van der Waals surface area contributed by atoms with Gasteiger partial charge in [-0.25, -0.2) is 14.4 Å². The summed E-state index contributed by atoms with van der Waals surface area (Å²) in [5, 5.41) is 5.96. The number of aromatic nitrogens is 2. The maximum Gasteiger partial charge on any atom is 0.270 e. The predicted octanol–water partition coefficient (Wildman–Crippen LogP) is 3.99. The van der Waals surface area contributed by atoms with Crippen molar-refractivity contribution in [3.8, 4) is 0 Å². The van der Waals surface area contributed by atoms with Crippen molar-refractivity contribution in [3.63, 3.8) is 0 Å². The van der Waals surface area contributed by atoms with Crippen LogP contribution in [-0.2, 0) is 0 Å². The van der Waals surface area contributed by atoms with E-state index in [4.69, 9.17) is 11.6 Å². The molecule has 2 N–H and O–H groups in total. The fourth-order valence-corrected chi connectivity index (χ4v) is 2.95. The highest BCUT2D eigenvalue weighted by atomic mass is 35.5. The molecular weight excluding hydrogens is 331 g/mol. The SMILES string of the molecule is Cc1cc(C(=O)NC2CCCC2)nc(Nc2ccc(F)c(Cl)c2)n1. The van der Waals surface area contributed by atoms with Gasteiger partial charge in [0.2, 0.25) is 5.95 Å². The first kappa shape index (κ1) is 16.6. The van der Waals surface area contributed by atoms with E-state index >= 15 is 0 Å². The van der Waals surface area contributed by atoms with Gasteiger partial charge in [-0.1, -0.05) is 24.4 Å². The number of carbonyl (C=O) groups is 1. The number of amides is 1. The van der Waals surface area contributed by atoms with E-state index in [1.165, 1.54) is 18.2 Å². The number of nitrogens with zero attached hydrogens (tertiary/aromatic N) is 2. The topological polar surface area (TPSA) is 66.9 Å². The van der Waals surface area contributed by atoms with E-state index < -0.39 is 5.82 Å². The van der Waals surface area contributed by atoms with E-state index in [9.17, 15) is 9.18 Å². The largest absolute Gasteiger partial charge is 0.348 e. The van der Waals surface area contributed by atoms with Crippen LogP contribution < -0.4 is 10.6 Å². The summed E-state index contributed by atoms with van der Waals surface area (Å²) in [5.41, 5.74) is 1.52. The highest BCUT2D eigenvalue weighted by molar-refractivity contribution is 6.31. The van der Waals surface area contributed by atoms with E-state index in [1.54, 1.807) is 13.0 Å². The third-order valence-electron chi connectivity index (χ3n) is 3.95. The van der Waals surface area contributed by atoms with Crippen molar-refractivity contribution in [3.05, 3.63) is 46.5 Å². The second-order valence-electron chi connectivity index (χ2n) is 5.93. The third kappa shape index (κ3) is 4.00. The molecule has 1 saturated carbocycles. The Morgan fingerprint density at radius 2 is 2.00 bits per heavy atom. The van der Waals surface area contributed by atoms with Gasteiger partial charge in [0, 0.05) is 17.4 Å². The highest BCUT2D eigenvalue weighted by Crippen LogP contribution is 2.22. The maximum absolute atomic E-state index is 13.2. The van der Waals surface area contributed by atoms with Gasteiger partial charge < -0.3 is 10.6 Å². The Bertz CT molecular complexity index is 762. The smallest absolute Gasteiger partial charge is 0.270 e. The molecule has 1 aliphatic carbocycles. The van der Waals surface area contributed by atoms with Crippen LogP contribution in [0.2, 0.25) is 5.02 Å². The summed E-state index contributed by atoms with van der Waals surface area (Å²) in [5.74, 6) is -0.425. The molecule has 1 aromatic heterocycles. The van der Waals surface area contributed by atoms with Crippen molar-refractivity contribution in [2.75, 3.05) is 5.32 Å². The van der Waals surface area contributed by atoms with Gasteiger partial charge in [-0.3, -0.25) is 4.79 Å². The van der Waals surface area contributed by atoms with Gasteiger partial charge in [-0.05, 0) is 44.0 Å². The average molecular weight is 349 g/mol. The van der Waals surface area contributed by atoms with Crippen LogP contribution in [0.3, 0.4) is 0 Å². The first-order valence-corrected chi connectivity index (χ1v) is 8.28. The molecule has 0 aliphatic heterocycles. The Hall–Kier alpha value is -2.21. The van der Waals surface area contributed by atoms with Gasteiger partial charge in [0.15, 0.2) is 0 Å². The lowest BCUT2D eigenvalue weighted by molar-refractivity contribution is 0.0932. The molecule has 1 aromatic carbocycles. The molecule has 1 amide bonds. The van der Waals surface area contributed by atoms with Crippen molar-refractivity contribution < 1.29 is 9.18 Å². The lowest BCUT2D eigenvalue weighted by atomic mass is 10.2. The summed E-state index contributed by atoms with van der Waals surface area (Å²) in [6.45, 7) is 1.79. The van der Waals surface area contributed by atoms with Gasteiger partial charge in [-0.2, -0.15) is 0 Å². The minimum absolute atomic E-state index is 0.00635. The number of nitrogens with one attached hydrogen (secondary N) is 2. The number of rotatable bonds is 4. The van der Waals surface area contributed by atoms with Crippen LogP contribution in [0, 0.1) is 12.7 Å². The molecule has 24 heavy (non-hydrogen) atoms. The molecular formula is C17H18ClFN4O. The number of benzene rings is 1. The van der Waals surface area contributed by atoms with Crippen LogP contribution >= 0.6 is 11.6 Å². The number of halogens is 2. The molecule has 5 nitrogen and oxygen atoms in total. The van der Waals surface area contributed by atoms with Gasteiger partial charge in [0.05, 0.1) is 5.02 Å². The zero-order valence-corrected chi connectivity index (χ0v) is 14.0. The number of hydrogen-bond donors (Lipinski definition) is 2. The molecule has 1 aliphatic rings. The number of anilines is 2. The van der Waals surface area contributed by atoms with Crippen molar-refractivity contribution >= 4 is 29.1 Å². The fraction of sp³-hybridized carbons (Fsp3) is 0.353. The van der Waals surface area contributed by atoms with Gasteiger partial charge in [-0.15, -0.1) is 0 Å². The summed E-state index contributed by atoms with van der Waals surface area (Å²) in [6.07, 6.45) is 4.31. The molecule has 0 bridgehead atoms. The van der Waals surface area contributed by atoms with Crippen molar-refractivity contribution in [2.45, 2.75) is 38.6 Å². The summed E-state index contributed by atoms with van der Waals surface area (Å²) in [4.78, 5) is 20.9. The zero-order valence-electron chi connectivity index (χ0n) is 13.3. The molecule has 1 heterocycles. The molecule has 0 spiro atoms. The molecule has 0 radical (unpaired) electrons. The van der Waals surface area contributed by atoms with E-state index in [1.807, 2.05) is 0 Å². The molecule has 0 saturated heterocycles. The third-order valence-corrected chi connectivity index (χ3v) is 4.24. The monoisotopic (exact) mass is 348 g/mol. The fourth-order valence-electron chi connectivity index (χ4n) is 2.77. The lowest BCUT2D eigenvalue weighted by Gasteiger charge is -2.13. The average Bonchev–Trinajstić information content (AvgIpc) is 3.03. The molecule has 0 unspecified atom stereocenters. The predicted molar refractivity (Wildman–Crippen MR) is 91.2 cm³/mol. The quantitative estimate of drug-likeness (QED) is 0.876. The standard InChI is InChI=1S/C17H18ClFN4O/c1-10-8-15(16(24)21-11-4-2-3-5-11)23-17(20-10)22-12-6-7-14(19)13(18)9-12/h6-9,11H,2-5H2,1H3,(H,21,24)(H,20,22,23). The summed E-state index contributed by atoms with van der Waals surface area (Å²) in [7, 11) is 0. The van der Waals surface area contributed by atoms with Gasteiger partial charge in [0.1, 0.15) is 11.5 Å². The van der Waals surface area contributed by atoms with Crippen LogP contribution in [0.1, 0.15) is 41.9 Å². The van der Waals surface area contributed by atoms with Crippen molar-refractivity contribution in [2.24, 2.45) is 0 Å². The number of aryl methyl sites for hydroxylation is 1. The minimum atomic E-state index is -0.496. The van der Waals surface area contributed by atoms with E-state index in [-0.39, 0.29) is 22.9 Å². The second-order valence-corrected chi connectivity index (χ2v) is 6.33. The second kappa shape index (κ2) is 7.13. The van der Waals surface area contributed by atoms with E-state index in [0.29, 0.717) is 17.1 Å². The Labute approximate surface area is 144 Å². The van der Waals surface area contributed by atoms with Crippen molar-refractivity contribution in [1.82, 2.24) is 15.3 Å². The normalized spacial score (nSPS) is 14.6.